The number of ether oxygens (including phenoxy) is 1. The van der Waals surface area contributed by atoms with E-state index in [0.29, 0.717) is 0 Å². The second-order valence-electron chi connectivity index (χ2n) is 4.55. The van der Waals surface area contributed by atoms with E-state index in [-0.39, 0.29) is 32.4 Å². The number of nitrogens with zero attached hydrogens (tertiary/aromatic N) is 1. The summed E-state index contributed by atoms with van der Waals surface area (Å²) in [6.45, 7) is 1.84. The minimum absolute atomic E-state index is 0.0199. The zero-order valence-corrected chi connectivity index (χ0v) is 11.2. The highest BCUT2D eigenvalue weighted by Crippen LogP contribution is 2.22. The number of likely N-dealkylation sites (tertiary alicyclic amines) is 1. The second-order valence-corrected chi connectivity index (χ2v) is 4.55. The van der Waals surface area contributed by atoms with Crippen LogP contribution >= 0.6 is 0 Å². The van der Waals surface area contributed by atoms with Gasteiger partial charge in [0.1, 0.15) is 6.04 Å². The van der Waals surface area contributed by atoms with Crippen LogP contribution in [0.4, 0.5) is 0 Å². The van der Waals surface area contributed by atoms with Crippen LogP contribution in [0.2, 0.25) is 0 Å². The van der Waals surface area contributed by atoms with Crippen molar-refractivity contribution in [2.45, 2.75) is 32.2 Å². The highest BCUT2D eigenvalue weighted by Gasteiger charge is 2.39. The lowest BCUT2D eigenvalue weighted by Gasteiger charge is -2.24. The number of carbonyl (C=O) groups excluding carboxylic acids is 3. The molecule has 3 N–H and O–H groups in total. The van der Waals surface area contributed by atoms with Gasteiger partial charge in [0.25, 0.3) is 0 Å². The van der Waals surface area contributed by atoms with Gasteiger partial charge in [0.05, 0.1) is 12.5 Å². The van der Waals surface area contributed by atoms with Gasteiger partial charge in [-0.2, -0.15) is 0 Å². The zero-order valence-electron chi connectivity index (χ0n) is 11.2. The number of nitrogens with two attached hydrogens (primary N) is 1. The van der Waals surface area contributed by atoms with E-state index in [2.05, 4.69) is 0 Å². The van der Waals surface area contributed by atoms with E-state index in [1.165, 1.54) is 0 Å². The summed E-state index contributed by atoms with van der Waals surface area (Å²) in [6.07, 6.45) is -0.236. The largest absolute Gasteiger partial charge is 0.480 e. The molecule has 0 spiro atoms. The highest BCUT2D eigenvalue weighted by atomic mass is 16.5. The molecule has 1 aliphatic heterocycles. The number of carboxylic acid groups (broad SMARTS) is 1. The Labute approximate surface area is 115 Å². The standard InChI is InChI=1S/C12H18N2O6/c1-2-20-10(16)4-3-8(12(18)19)14-6-7(11(13)17)5-9(14)15/h7-8H,2-6H2,1H3,(H2,13,17)(H,18,19)/t7?,8-/m0/s1. The van der Waals surface area contributed by atoms with Gasteiger partial charge in [-0.1, -0.05) is 0 Å². The van der Waals surface area contributed by atoms with Gasteiger partial charge in [0, 0.05) is 19.4 Å². The van der Waals surface area contributed by atoms with Crippen molar-refractivity contribution in [3.63, 3.8) is 0 Å². The molecule has 1 heterocycles. The van der Waals surface area contributed by atoms with E-state index in [9.17, 15) is 19.2 Å². The number of amides is 2. The van der Waals surface area contributed by atoms with Gasteiger partial charge in [-0.05, 0) is 13.3 Å². The average Bonchev–Trinajstić information content (AvgIpc) is 2.72. The number of primary amides is 1. The minimum Gasteiger partial charge on any atom is -0.480 e. The van der Waals surface area contributed by atoms with Gasteiger partial charge in [0.2, 0.25) is 11.8 Å². The average molecular weight is 286 g/mol. The smallest absolute Gasteiger partial charge is 0.326 e. The van der Waals surface area contributed by atoms with E-state index in [1.807, 2.05) is 0 Å². The fraction of sp³-hybridized carbons (Fsp3) is 0.667. The third-order valence-electron chi connectivity index (χ3n) is 3.15. The summed E-state index contributed by atoms with van der Waals surface area (Å²) in [5.41, 5.74) is 5.12. The van der Waals surface area contributed by atoms with E-state index >= 15 is 0 Å². The lowest BCUT2D eigenvalue weighted by Crippen LogP contribution is -2.43. The lowest BCUT2D eigenvalue weighted by atomic mass is 10.1. The Morgan fingerprint density at radius 1 is 1.50 bits per heavy atom. The first-order valence-electron chi connectivity index (χ1n) is 6.34. The predicted octanol–water partition coefficient (Wildman–Crippen LogP) is -0.883. The molecule has 0 bridgehead atoms. The van der Waals surface area contributed by atoms with E-state index in [4.69, 9.17) is 15.6 Å². The van der Waals surface area contributed by atoms with Crippen LogP contribution in [0.3, 0.4) is 0 Å². The molecule has 0 aliphatic carbocycles. The first-order chi connectivity index (χ1) is 9.36. The van der Waals surface area contributed by atoms with Crippen LogP contribution in [0, 0.1) is 5.92 Å². The Balaban J connectivity index is 2.67. The van der Waals surface area contributed by atoms with Crippen LogP contribution in [-0.2, 0) is 23.9 Å². The van der Waals surface area contributed by atoms with Crippen molar-refractivity contribution >= 4 is 23.8 Å². The third kappa shape index (κ3) is 3.94. The summed E-state index contributed by atoms with van der Waals surface area (Å²) in [7, 11) is 0. The Kier molecular flexibility index (Phi) is 5.48. The molecule has 1 rings (SSSR count). The topological polar surface area (TPSA) is 127 Å². The second kappa shape index (κ2) is 6.88. The number of rotatable bonds is 7. The highest BCUT2D eigenvalue weighted by molar-refractivity contribution is 5.91. The molecule has 1 unspecified atom stereocenters. The van der Waals surface area contributed by atoms with Crippen LogP contribution in [-0.4, -0.2) is 53.0 Å². The summed E-state index contributed by atoms with van der Waals surface area (Å²) in [4.78, 5) is 46.4. The maximum Gasteiger partial charge on any atom is 0.326 e. The molecule has 20 heavy (non-hydrogen) atoms. The Hall–Kier alpha value is -2.12. The maximum absolute atomic E-state index is 11.7. The van der Waals surface area contributed by atoms with Gasteiger partial charge in [-0.25, -0.2) is 4.79 Å². The van der Waals surface area contributed by atoms with Crippen molar-refractivity contribution in [1.82, 2.24) is 4.90 Å². The summed E-state index contributed by atoms with van der Waals surface area (Å²) in [5.74, 6) is -3.48. The molecule has 0 aromatic heterocycles. The molecule has 0 aromatic carbocycles. The molecule has 1 aliphatic rings. The fourth-order valence-corrected chi connectivity index (χ4v) is 2.12. The number of aliphatic carboxylic acids is 1. The Bertz CT molecular complexity index is 422. The number of carboxylic acids is 1. The molecule has 2 atom stereocenters. The molecule has 1 fully saturated rings. The summed E-state index contributed by atoms with van der Waals surface area (Å²) >= 11 is 0. The molecule has 0 aromatic rings. The molecule has 0 radical (unpaired) electrons. The molecule has 8 heteroatoms. The fourth-order valence-electron chi connectivity index (χ4n) is 2.12. The third-order valence-corrected chi connectivity index (χ3v) is 3.15. The van der Waals surface area contributed by atoms with E-state index in [1.54, 1.807) is 6.92 Å². The predicted molar refractivity (Wildman–Crippen MR) is 66.3 cm³/mol. The van der Waals surface area contributed by atoms with Crippen LogP contribution in [0.5, 0.6) is 0 Å². The first kappa shape index (κ1) is 15.9. The Morgan fingerprint density at radius 3 is 2.60 bits per heavy atom. The van der Waals surface area contributed by atoms with E-state index < -0.39 is 35.7 Å². The van der Waals surface area contributed by atoms with Crippen molar-refractivity contribution in [1.29, 1.82) is 0 Å². The van der Waals surface area contributed by atoms with Crippen LogP contribution < -0.4 is 5.73 Å². The van der Waals surface area contributed by atoms with Crippen molar-refractivity contribution in [2.75, 3.05) is 13.2 Å². The maximum atomic E-state index is 11.7. The zero-order chi connectivity index (χ0) is 15.3. The number of hydrogen-bond donors (Lipinski definition) is 2. The molecular weight excluding hydrogens is 268 g/mol. The number of carbonyl (C=O) groups is 4. The Morgan fingerprint density at radius 2 is 2.15 bits per heavy atom. The molecule has 1 saturated heterocycles. The van der Waals surface area contributed by atoms with Crippen molar-refractivity contribution in [3.05, 3.63) is 0 Å². The van der Waals surface area contributed by atoms with Crippen molar-refractivity contribution in [3.8, 4) is 0 Å². The quantitative estimate of drug-likeness (QED) is 0.585. The van der Waals surface area contributed by atoms with Crippen LogP contribution in [0.1, 0.15) is 26.2 Å². The van der Waals surface area contributed by atoms with Gasteiger partial charge in [0.15, 0.2) is 0 Å². The monoisotopic (exact) mass is 286 g/mol. The summed E-state index contributed by atoms with van der Waals surface area (Å²) < 4.78 is 4.71. The molecule has 112 valence electrons. The van der Waals surface area contributed by atoms with Crippen LogP contribution in [0.15, 0.2) is 0 Å². The van der Waals surface area contributed by atoms with Gasteiger partial charge in [-0.3, -0.25) is 14.4 Å². The lowest BCUT2D eigenvalue weighted by molar-refractivity contribution is -0.150. The minimum atomic E-state index is -1.22. The summed E-state index contributed by atoms with van der Waals surface area (Å²) in [5, 5.41) is 9.16. The normalized spacial score (nSPS) is 19.8. The van der Waals surface area contributed by atoms with Gasteiger partial charge < -0.3 is 20.5 Å². The van der Waals surface area contributed by atoms with Crippen molar-refractivity contribution in [2.24, 2.45) is 11.7 Å². The SMILES string of the molecule is CCOC(=O)CC[C@@H](C(=O)O)N1CC(C(N)=O)CC1=O. The van der Waals surface area contributed by atoms with E-state index in [0.717, 1.165) is 4.90 Å². The van der Waals surface area contributed by atoms with Crippen molar-refractivity contribution < 1.29 is 29.0 Å². The molecule has 2 amide bonds. The van der Waals surface area contributed by atoms with Gasteiger partial charge >= 0.3 is 11.9 Å². The van der Waals surface area contributed by atoms with Gasteiger partial charge in [-0.15, -0.1) is 0 Å². The number of hydrogen-bond acceptors (Lipinski definition) is 5. The molecular formula is C12H18N2O6. The van der Waals surface area contributed by atoms with Crippen LogP contribution in [0.25, 0.3) is 0 Å². The molecule has 0 saturated carbocycles. The molecule has 8 nitrogen and oxygen atoms in total. The summed E-state index contributed by atoms with van der Waals surface area (Å²) in [6, 6.07) is -1.14. The number of esters is 1. The first-order valence-corrected chi connectivity index (χ1v) is 6.34.